The molecule has 2 nitrogen and oxygen atoms in total. The first-order valence-corrected chi connectivity index (χ1v) is 5.40. The molecule has 0 fully saturated rings. The average molecular weight is 254 g/mol. The summed E-state index contributed by atoms with van der Waals surface area (Å²) in [5.41, 5.74) is 6.28. The minimum absolute atomic E-state index is 0.501. The maximum absolute atomic E-state index is 5.97. The fourth-order valence-corrected chi connectivity index (χ4v) is 1.58. The molecule has 16 heavy (non-hydrogen) atoms. The SMILES string of the molecule is Nc1ccc(Cl)cc1Oc1ccccc1Cl. The van der Waals surface area contributed by atoms with Gasteiger partial charge in [-0.15, -0.1) is 0 Å². The Morgan fingerprint density at radius 3 is 2.44 bits per heavy atom. The van der Waals surface area contributed by atoms with Gasteiger partial charge in [-0.2, -0.15) is 0 Å². The molecule has 0 aliphatic heterocycles. The van der Waals surface area contributed by atoms with Crippen LogP contribution < -0.4 is 10.5 Å². The summed E-state index contributed by atoms with van der Waals surface area (Å²) in [6.07, 6.45) is 0. The summed E-state index contributed by atoms with van der Waals surface area (Å²) in [6.45, 7) is 0. The molecule has 2 rings (SSSR count). The van der Waals surface area contributed by atoms with Crippen LogP contribution in [0.3, 0.4) is 0 Å². The lowest BCUT2D eigenvalue weighted by atomic mass is 10.3. The summed E-state index contributed by atoms with van der Waals surface area (Å²) in [5, 5.41) is 1.10. The molecule has 82 valence electrons. The molecule has 0 bridgehead atoms. The maximum atomic E-state index is 5.97. The standard InChI is InChI=1S/C12H9Cl2NO/c13-8-5-6-10(15)12(7-8)16-11-4-2-1-3-9(11)14/h1-7H,15H2. The molecule has 2 aromatic rings. The lowest BCUT2D eigenvalue weighted by molar-refractivity contribution is 0.485. The fraction of sp³-hybridized carbons (Fsp3) is 0. The topological polar surface area (TPSA) is 35.2 Å². The van der Waals surface area contributed by atoms with Crippen molar-refractivity contribution >= 4 is 28.9 Å². The number of para-hydroxylation sites is 1. The van der Waals surface area contributed by atoms with Crippen LogP contribution in [0.15, 0.2) is 42.5 Å². The van der Waals surface area contributed by atoms with E-state index in [0.717, 1.165) is 0 Å². The lowest BCUT2D eigenvalue weighted by Gasteiger charge is -2.09. The van der Waals surface area contributed by atoms with E-state index in [1.54, 1.807) is 30.3 Å². The van der Waals surface area contributed by atoms with Gasteiger partial charge in [0.2, 0.25) is 0 Å². The van der Waals surface area contributed by atoms with Gasteiger partial charge in [0, 0.05) is 11.1 Å². The van der Waals surface area contributed by atoms with E-state index >= 15 is 0 Å². The van der Waals surface area contributed by atoms with Gasteiger partial charge in [-0.05, 0) is 24.3 Å². The zero-order valence-electron chi connectivity index (χ0n) is 8.28. The molecule has 0 unspecified atom stereocenters. The number of hydrogen-bond acceptors (Lipinski definition) is 2. The second-order valence-corrected chi connectivity index (χ2v) is 4.06. The minimum atomic E-state index is 0.501. The fourth-order valence-electron chi connectivity index (χ4n) is 1.24. The molecule has 0 aromatic heterocycles. The summed E-state index contributed by atoms with van der Waals surface area (Å²) in [5.74, 6) is 1.05. The van der Waals surface area contributed by atoms with E-state index in [1.807, 2.05) is 12.1 Å². The number of nitrogens with two attached hydrogens (primary N) is 1. The van der Waals surface area contributed by atoms with Crippen molar-refractivity contribution in [3.63, 3.8) is 0 Å². The number of nitrogen functional groups attached to an aromatic ring is 1. The lowest BCUT2D eigenvalue weighted by Crippen LogP contribution is -1.92. The highest BCUT2D eigenvalue weighted by molar-refractivity contribution is 6.32. The van der Waals surface area contributed by atoms with Crippen molar-refractivity contribution in [3.05, 3.63) is 52.5 Å². The quantitative estimate of drug-likeness (QED) is 0.807. The molecule has 0 heterocycles. The van der Waals surface area contributed by atoms with Gasteiger partial charge < -0.3 is 10.5 Å². The van der Waals surface area contributed by atoms with Crippen molar-refractivity contribution in [2.24, 2.45) is 0 Å². The minimum Gasteiger partial charge on any atom is -0.454 e. The summed E-state index contributed by atoms with van der Waals surface area (Å²) >= 11 is 11.8. The highest BCUT2D eigenvalue weighted by Crippen LogP contribution is 2.33. The van der Waals surface area contributed by atoms with Crippen molar-refractivity contribution in [3.8, 4) is 11.5 Å². The van der Waals surface area contributed by atoms with Crippen LogP contribution in [0, 0.1) is 0 Å². The van der Waals surface area contributed by atoms with Crippen molar-refractivity contribution in [1.82, 2.24) is 0 Å². The van der Waals surface area contributed by atoms with Crippen LogP contribution in [-0.2, 0) is 0 Å². The molecule has 4 heteroatoms. The van der Waals surface area contributed by atoms with Gasteiger partial charge >= 0.3 is 0 Å². The zero-order chi connectivity index (χ0) is 11.5. The Kier molecular flexibility index (Phi) is 3.22. The summed E-state index contributed by atoms with van der Waals surface area (Å²) in [4.78, 5) is 0. The Morgan fingerprint density at radius 2 is 1.69 bits per heavy atom. The molecule has 0 amide bonds. The van der Waals surface area contributed by atoms with Crippen LogP contribution in [0.25, 0.3) is 0 Å². The third kappa shape index (κ3) is 2.40. The number of anilines is 1. The van der Waals surface area contributed by atoms with E-state index in [1.165, 1.54) is 0 Å². The Hall–Kier alpha value is -1.38. The summed E-state index contributed by atoms with van der Waals surface area (Å²) < 4.78 is 5.58. The smallest absolute Gasteiger partial charge is 0.151 e. The van der Waals surface area contributed by atoms with E-state index in [9.17, 15) is 0 Å². The first kappa shape index (κ1) is 11.1. The van der Waals surface area contributed by atoms with Crippen molar-refractivity contribution in [2.45, 2.75) is 0 Å². The van der Waals surface area contributed by atoms with Gasteiger partial charge in [0.1, 0.15) is 5.75 Å². The molecule has 0 aliphatic carbocycles. The highest BCUT2D eigenvalue weighted by Gasteiger charge is 2.05. The monoisotopic (exact) mass is 253 g/mol. The molecule has 0 atom stereocenters. The average Bonchev–Trinajstić information content (AvgIpc) is 2.27. The first-order valence-electron chi connectivity index (χ1n) is 4.64. The second-order valence-electron chi connectivity index (χ2n) is 3.21. The van der Waals surface area contributed by atoms with Crippen molar-refractivity contribution in [1.29, 1.82) is 0 Å². The Balaban J connectivity index is 2.34. The molecular weight excluding hydrogens is 245 g/mol. The van der Waals surface area contributed by atoms with Gasteiger partial charge in [-0.1, -0.05) is 35.3 Å². The van der Waals surface area contributed by atoms with Gasteiger partial charge in [0.15, 0.2) is 5.75 Å². The molecule has 0 saturated carbocycles. The largest absolute Gasteiger partial charge is 0.454 e. The van der Waals surface area contributed by atoms with E-state index in [-0.39, 0.29) is 0 Å². The van der Waals surface area contributed by atoms with Crippen LogP contribution in [0.2, 0.25) is 10.0 Å². The number of rotatable bonds is 2. The normalized spacial score (nSPS) is 10.1. The second kappa shape index (κ2) is 4.64. The number of benzene rings is 2. The summed E-state index contributed by atoms with van der Waals surface area (Å²) in [6, 6.07) is 12.2. The van der Waals surface area contributed by atoms with Crippen LogP contribution in [0.4, 0.5) is 5.69 Å². The van der Waals surface area contributed by atoms with E-state index < -0.39 is 0 Å². The van der Waals surface area contributed by atoms with E-state index in [2.05, 4.69) is 0 Å². The zero-order valence-corrected chi connectivity index (χ0v) is 9.79. The molecule has 2 aromatic carbocycles. The molecule has 0 radical (unpaired) electrons. The van der Waals surface area contributed by atoms with E-state index in [0.29, 0.717) is 27.2 Å². The van der Waals surface area contributed by atoms with E-state index in [4.69, 9.17) is 33.7 Å². The highest BCUT2D eigenvalue weighted by atomic mass is 35.5. The Bertz CT molecular complexity index is 514. The molecule has 0 saturated heterocycles. The van der Waals surface area contributed by atoms with Crippen LogP contribution >= 0.6 is 23.2 Å². The molecule has 0 aliphatic rings. The maximum Gasteiger partial charge on any atom is 0.151 e. The molecule has 0 spiro atoms. The third-order valence-corrected chi connectivity index (χ3v) is 2.58. The van der Waals surface area contributed by atoms with Crippen LogP contribution in [0.1, 0.15) is 0 Å². The summed E-state index contributed by atoms with van der Waals surface area (Å²) in [7, 11) is 0. The van der Waals surface area contributed by atoms with Gasteiger partial charge in [0.25, 0.3) is 0 Å². The van der Waals surface area contributed by atoms with Gasteiger partial charge in [-0.25, -0.2) is 0 Å². The Morgan fingerprint density at radius 1 is 0.938 bits per heavy atom. The van der Waals surface area contributed by atoms with Gasteiger partial charge in [0.05, 0.1) is 10.7 Å². The molecular formula is C12H9Cl2NO. The predicted octanol–water partition coefficient (Wildman–Crippen LogP) is 4.37. The van der Waals surface area contributed by atoms with Crippen molar-refractivity contribution < 1.29 is 4.74 Å². The third-order valence-electron chi connectivity index (χ3n) is 2.03. The van der Waals surface area contributed by atoms with Gasteiger partial charge in [-0.3, -0.25) is 0 Å². The predicted molar refractivity (Wildman–Crippen MR) is 67.4 cm³/mol. The number of hydrogen-bond donors (Lipinski definition) is 1. The number of halogens is 2. The van der Waals surface area contributed by atoms with Crippen molar-refractivity contribution in [2.75, 3.05) is 5.73 Å². The number of ether oxygens (including phenoxy) is 1. The molecule has 2 N–H and O–H groups in total. The first-order chi connectivity index (χ1) is 7.66. The Labute approximate surface area is 104 Å². The van der Waals surface area contributed by atoms with Crippen LogP contribution in [-0.4, -0.2) is 0 Å². The van der Waals surface area contributed by atoms with Crippen LogP contribution in [0.5, 0.6) is 11.5 Å².